The second kappa shape index (κ2) is 4.68. The van der Waals surface area contributed by atoms with Gasteiger partial charge in [0.15, 0.2) is 0 Å². The van der Waals surface area contributed by atoms with Crippen molar-refractivity contribution in [2.75, 3.05) is 0 Å². The van der Waals surface area contributed by atoms with Crippen LogP contribution in [-0.2, 0) is 17.6 Å². The Labute approximate surface area is 123 Å². The SMILES string of the molecule is Cc1nc2c(c(=O)[nH]1)C[C@H]1CC[C@H](C2)N1C(=O)C1CCC1. The quantitative estimate of drug-likeness (QED) is 0.847. The maximum Gasteiger partial charge on any atom is 0.254 e. The molecule has 0 radical (unpaired) electrons. The fourth-order valence-corrected chi connectivity index (χ4v) is 4.09. The fraction of sp³-hybridized carbons (Fsp3) is 0.688. The number of nitrogens with zero attached hydrogens (tertiary/aromatic N) is 2. The van der Waals surface area contributed by atoms with E-state index in [1.807, 2.05) is 6.92 Å². The summed E-state index contributed by atoms with van der Waals surface area (Å²) in [6.45, 7) is 1.82. The minimum atomic E-state index is -0.0129. The Kier molecular flexibility index (Phi) is 2.91. The van der Waals surface area contributed by atoms with Crippen LogP contribution in [0.4, 0.5) is 0 Å². The minimum absolute atomic E-state index is 0.0129. The predicted octanol–water partition coefficient (Wildman–Crippen LogP) is 1.34. The van der Waals surface area contributed by atoms with Crippen molar-refractivity contribution in [1.29, 1.82) is 0 Å². The van der Waals surface area contributed by atoms with Crippen molar-refractivity contribution < 1.29 is 4.79 Å². The van der Waals surface area contributed by atoms with Gasteiger partial charge in [-0.05, 0) is 32.6 Å². The lowest BCUT2D eigenvalue weighted by Gasteiger charge is -2.35. The molecule has 21 heavy (non-hydrogen) atoms. The van der Waals surface area contributed by atoms with E-state index in [1.54, 1.807) is 0 Å². The normalized spacial score (nSPS) is 28.0. The number of carbonyl (C=O) groups is 1. The molecule has 2 atom stereocenters. The van der Waals surface area contributed by atoms with Crippen molar-refractivity contribution in [3.8, 4) is 0 Å². The average molecular weight is 287 g/mol. The van der Waals surface area contributed by atoms with Gasteiger partial charge in [0.25, 0.3) is 5.56 Å². The van der Waals surface area contributed by atoms with Gasteiger partial charge < -0.3 is 9.88 Å². The van der Waals surface area contributed by atoms with Gasteiger partial charge in [0, 0.05) is 36.4 Å². The summed E-state index contributed by atoms with van der Waals surface area (Å²) < 4.78 is 0. The molecule has 1 N–H and O–H groups in total. The van der Waals surface area contributed by atoms with Crippen LogP contribution in [0.2, 0.25) is 0 Å². The summed E-state index contributed by atoms with van der Waals surface area (Å²) in [5.74, 6) is 1.24. The van der Waals surface area contributed by atoms with Gasteiger partial charge in [0.2, 0.25) is 5.91 Å². The molecule has 3 heterocycles. The summed E-state index contributed by atoms with van der Waals surface area (Å²) in [7, 11) is 0. The van der Waals surface area contributed by atoms with E-state index in [2.05, 4.69) is 14.9 Å². The first-order valence-electron chi connectivity index (χ1n) is 8.04. The number of aryl methyl sites for hydroxylation is 1. The maximum absolute atomic E-state index is 12.7. The zero-order valence-electron chi connectivity index (χ0n) is 12.4. The van der Waals surface area contributed by atoms with Crippen LogP contribution in [0.25, 0.3) is 0 Å². The highest BCUT2D eigenvalue weighted by molar-refractivity contribution is 5.80. The van der Waals surface area contributed by atoms with Crippen molar-refractivity contribution in [3.63, 3.8) is 0 Å². The average Bonchev–Trinajstić information content (AvgIpc) is 2.64. The fourth-order valence-electron chi connectivity index (χ4n) is 4.09. The molecule has 1 amide bonds. The number of H-pyrrole nitrogens is 1. The van der Waals surface area contributed by atoms with Crippen LogP contribution >= 0.6 is 0 Å². The Hall–Kier alpha value is -1.65. The summed E-state index contributed by atoms with van der Waals surface area (Å²) >= 11 is 0. The largest absolute Gasteiger partial charge is 0.336 e. The molecule has 1 saturated carbocycles. The van der Waals surface area contributed by atoms with Crippen molar-refractivity contribution in [2.45, 2.75) is 64.0 Å². The van der Waals surface area contributed by atoms with E-state index in [4.69, 9.17) is 0 Å². The van der Waals surface area contributed by atoms with Gasteiger partial charge >= 0.3 is 0 Å². The molecular weight excluding hydrogens is 266 g/mol. The van der Waals surface area contributed by atoms with E-state index in [0.717, 1.165) is 43.4 Å². The van der Waals surface area contributed by atoms with Gasteiger partial charge in [-0.25, -0.2) is 4.98 Å². The monoisotopic (exact) mass is 287 g/mol. The van der Waals surface area contributed by atoms with Crippen molar-refractivity contribution in [3.05, 3.63) is 27.4 Å². The first-order chi connectivity index (χ1) is 10.1. The lowest BCUT2D eigenvalue weighted by atomic mass is 9.84. The molecule has 2 bridgehead atoms. The number of aromatic amines is 1. The van der Waals surface area contributed by atoms with Gasteiger partial charge in [0.1, 0.15) is 5.82 Å². The molecule has 0 unspecified atom stereocenters. The molecule has 0 aromatic carbocycles. The zero-order chi connectivity index (χ0) is 14.6. The van der Waals surface area contributed by atoms with Crippen LogP contribution in [-0.4, -0.2) is 32.9 Å². The van der Waals surface area contributed by atoms with E-state index < -0.39 is 0 Å². The molecule has 1 saturated heterocycles. The Morgan fingerprint density at radius 2 is 1.90 bits per heavy atom. The van der Waals surface area contributed by atoms with Crippen LogP contribution in [0.15, 0.2) is 4.79 Å². The van der Waals surface area contributed by atoms with Crippen LogP contribution in [0, 0.1) is 12.8 Å². The van der Waals surface area contributed by atoms with Gasteiger partial charge in [0.05, 0.1) is 5.69 Å². The molecule has 2 fully saturated rings. The number of amides is 1. The first kappa shape index (κ1) is 13.0. The lowest BCUT2D eigenvalue weighted by molar-refractivity contribution is -0.141. The van der Waals surface area contributed by atoms with E-state index >= 15 is 0 Å². The third-order valence-electron chi connectivity index (χ3n) is 5.42. The number of rotatable bonds is 1. The molecule has 1 aliphatic carbocycles. The van der Waals surface area contributed by atoms with Crippen LogP contribution < -0.4 is 5.56 Å². The van der Waals surface area contributed by atoms with E-state index in [1.165, 1.54) is 6.42 Å². The molecule has 3 aliphatic rings. The molecule has 1 aromatic rings. The Balaban J connectivity index is 1.69. The summed E-state index contributed by atoms with van der Waals surface area (Å²) in [5, 5.41) is 0. The number of carbonyl (C=O) groups excluding carboxylic acids is 1. The number of hydrogen-bond acceptors (Lipinski definition) is 3. The second-order valence-corrected chi connectivity index (χ2v) is 6.74. The zero-order valence-corrected chi connectivity index (χ0v) is 12.4. The highest BCUT2D eigenvalue weighted by Gasteiger charge is 2.43. The van der Waals surface area contributed by atoms with E-state index in [-0.39, 0.29) is 23.6 Å². The smallest absolute Gasteiger partial charge is 0.254 e. The summed E-state index contributed by atoms with van der Waals surface area (Å²) in [4.78, 5) is 34.4. The van der Waals surface area contributed by atoms with E-state index in [9.17, 15) is 9.59 Å². The highest BCUT2D eigenvalue weighted by Crippen LogP contribution is 2.37. The second-order valence-electron chi connectivity index (χ2n) is 6.74. The molecule has 5 nitrogen and oxygen atoms in total. The van der Waals surface area contributed by atoms with Gasteiger partial charge in [-0.3, -0.25) is 9.59 Å². The van der Waals surface area contributed by atoms with Crippen LogP contribution in [0.5, 0.6) is 0 Å². The summed E-state index contributed by atoms with van der Waals surface area (Å²) in [6, 6.07) is 0.452. The summed E-state index contributed by atoms with van der Waals surface area (Å²) in [6.07, 6.45) is 6.76. The van der Waals surface area contributed by atoms with Gasteiger partial charge in [-0.15, -0.1) is 0 Å². The first-order valence-corrected chi connectivity index (χ1v) is 8.04. The van der Waals surface area contributed by atoms with Gasteiger partial charge in [-0.1, -0.05) is 6.42 Å². The molecule has 1 aromatic heterocycles. The molecule has 2 aliphatic heterocycles. The third kappa shape index (κ3) is 2.01. The summed E-state index contributed by atoms with van der Waals surface area (Å²) in [5.41, 5.74) is 1.70. The number of hydrogen-bond donors (Lipinski definition) is 1. The van der Waals surface area contributed by atoms with Crippen molar-refractivity contribution in [1.82, 2.24) is 14.9 Å². The van der Waals surface area contributed by atoms with Crippen LogP contribution in [0.3, 0.4) is 0 Å². The molecule has 0 spiro atoms. The van der Waals surface area contributed by atoms with Gasteiger partial charge in [-0.2, -0.15) is 0 Å². The topological polar surface area (TPSA) is 66.1 Å². The lowest BCUT2D eigenvalue weighted by Crippen LogP contribution is -2.46. The highest BCUT2D eigenvalue weighted by atomic mass is 16.2. The molecule has 4 rings (SSSR count). The molecule has 112 valence electrons. The maximum atomic E-state index is 12.7. The minimum Gasteiger partial charge on any atom is -0.336 e. The van der Waals surface area contributed by atoms with Crippen molar-refractivity contribution >= 4 is 5.91 Å². The standard InChI is InChI=1S/C16H21N3O2/c1-9-17-14-8-12-6-5-11(7-13(14)15(20)18-9)19(12)16(21)10-3-2-4-10/h10-12H,2-8H2,1H3,(H,17,18,20)/t11-,12-/m1/s1. The number of aromatic nitrogens is 2. The predicted molar refractivity (Wildman–Crippen MR) is 78.0 cm³/mol. The molecule has 5 heteroatoms. The third-order valence-corrected chi connectivity index (χ3v) is 5.42. The Bertz CT molecular complexity index is 647. The number of fused-ring (bicyclic) bond motifs is 3. The Morgan fingerprint density at radius 3 is 2.57 bits per heavy atom. The van der Waals surface area contributed by atoms with Crippen molar-refractivity contribution in [2.24, 2.45) is 5.92 Å². The Morgan fingerprint density at radius 1 is 1.19 bits per heavy atom. The number of nitrogens with one attached hydrogen (secondary N) is 1. The van der Waals surface area contributed by atoms with Crippen LogP contribution in [0.1, 0.15) is 49.2 Å². The van der Waals surface area contributed by atoms with E-state index in [0.29, 0.717) is 18.2 Å². The molecular formula is C16H21N3O2.